The lowest BCUT2D eigenvalue weighted by Crippen LogP contribution is -2.09. The van der Waals surface area contributed by atoms with Crippen LogP contribution in [0.25, 0.3) is 0 Å². The van der Waals surface area contributed by atoms with Gasteiger partial charge in [-0.2, -0.15) is 18.4 Å². The van der Waals surface area contributed by atoms with Crippen LogP contribution in [0.5, 0.6) is 0 Å². The topological polar surface area (TPSA) is 67.2 Å². The lowest BCUT2D eigenvalue weighted by atomic mass is 10.0. The van der Waals surface area contributed by atoms with Crippen LogP contribution < -0.4 is 0 Å². The fourth-order valence-corrected chi connectivity index (χ4v) is 2.27. The molecular formula is C13H10F3NO3S. The van der Waals surface area contributed by atoms with Gasteiger partial charge in [0.05, 0.1) is 18.6 Å². The van der Waals surface area contributed by atoms with Gasteiger partial charge in [-0.25, -0.2) is 0 Å². The minimum Gasteiger partial charge on any atom is -0.466 e. The average Bonchev–Trinajstić information content (AvgIpc) is 2.38. The highest BCUT2D eigenvalue weighted by Crippen LogP contribution is 2.40. The van der Waals surface area contributed by atoms with E-state index in [0.29, 0.717) is 0 Å². The van der Waals surface area contributed by atoms with Crippen LogP contribution in [0.2, 0.25) is 0 Å². The van der Waals surface area contributed by atoms with Crippen LogP contribution >= 0.6 is 11.8 Å². The van der Waals surface area contributed by atoms with Gasteiger partial charge in [-0.15, -0.1) is 0 Å². The van der Waals surface area contributed by atoms with Gasteiger partial charge in [0.25, 0.3) is 0 Å². The number of nitriles is 1. The van der Waals surface area contributed by atoms with E-state index in [-0.39, 0.29) is 36.0 Å². The molecule has 1 aromatic rings. The molecule has 4 nitrogen and oxygen atoms in total. The molecule has 0 atom stereocenters. The molecule has 0 aromatic heterocycles. The Labute approximate surface area is 122 Å². The third-order valence-electron chi connectivity index (χ3n) is 2.30. The van der Waals surface area contributed by atoms with Crippen molar-refractivity contribution in [2.75, 3.05) is 6.61 Å². The summed E-state index contributed by atoms with van der Waals surface area (Å²) in [7, 11) is 0. The van der Waals surface area contributed by atoms with Crippen molar-refractivity contribution in [2.45, 2.75) is 23.7 Å². The summed E-state index contributed by atoms with van der Waals surface area (Å²) in [5.41, 5.74) is -4.96. The van der Waals surface area contributed by atoms with Crippen LogP contribution in [0.4, 0.5) is 13.2 Å². The van der Waals surface area contributed by atoms with Crippen molar-refractivity contribution >= 4 is 24.0 Å². The van der Waals surface area contributed by atoms with Gasteiger partial charge in [0.1, 0.15) is 6.07 Å². The van der Waals surface area contributed by atoms with Crippen LogP contribution in [-0.2, 0) is 16.0 Å². The first kappa shape index (κ1) is 17.0. The molecule has 0 spiro atoms. The van der Waals surface area contributed by atoms with E-state index in [4.69, 9.17) is 10.00 Å². The first-order valence-electron chi connectivity index (χ1n) is 5.74. The molecule has 0 aliphatic heterocycles. The Bertz CT molecular complexity index is 594. The summed E-state index contributed by atoms with van der Waals surface area (Å²) in [5, 5.41) is 8.93. The highest BCUT2D eigenvalue weighted by molar-refractivity contribution is 8.00. The van der Waals surface area contributed by atoms with E-state index in [1.807, 2.05) is 0 Å². The van der Waals surface area contributed by atoms with E-state index in [0.717, 1.165) is 12.1 Å². The first-order chi connectivity index (χ1) is 9.80. The summed E-state index contributed by atoms with van der Waals surface area (Å²) in [5.74, 6) is -0.588. The van der Waals surface area contributed by atoms with Crippen molar-refractivity contribution in [3.8, 4) is 6.07 Å². The van der Waals surface area contributed by atoms with Gasteiger partial charge >= 0.3 is 11.5 Å². The standard InChI is InChI=1S/C13H10F3NO3S/c1-2-20-11(19)5-8-3-9(6-17)12(10(4-8)7-18)21-13(14,15)16/h3-4,7H,2,5H2,1H3. The van der Waals surface area contributed by atoms with Crippen molar-refractivity contribution < 1.29 is 27.5 Å². The van der Waals surface area contributed by atoms with Crippen molar-refractivity contribution in [3.05, 3.63) is 28.8 Å². The van der Waals surface area contributed by atoms with Gasteiger partial charge in [-0.3, -0.25) is 9.59 Å². The SMILES string of the molecule is CCOC(=O)Cc1cc(C#N)c(SC(F)(F)F)c(C=O)c1. The van der Waals surface area contributed by atoms with Gasteiger partial charge in [-0.1, -0.05) is 0 Å². The van der Waals surface area contributed by atoms with Crippen LogP contribution in [0.3, 0.4) is 0 Å². The average molecular weight is 317 g/mol. The summed E-state index contributed by atoms with van der Waals surface area (Å²) in [6.07, 6.45) is 0.00386. The molecule has 0 saturated heterocycles. The number of carbonyl (C=O) groups is 2. The van der Waals surface area contributed by atoms with Crippen molar-refractivity contribution in [1.29, 1.82) is 5.26 Å². The summed E-state index contributed by atoms with van der Waals surface area (Å²) < 4.78 is 42.1. The quantitative estimate of drug-likeness (QED) is 0.474. The van der Waals surface area contributed by atoms with Gasteiger partial charge < -0.3 is 4.74 Å². The number of alkyl halides is 3. The second-order valence-electron chi connectivity index (χ2n) is 3.82. The van der Waals surface area contributed by atoms with Crippen LogP contribution in [-0.4, -0.2) is 24.4 Å². The molecule has 0 aliphatic rings. The van der Waals surface area contributed by atoms with E-state index in [9.17, 15) is 22.8 Å². The summed E-state index contributed by atoms with van der Waals surface area (Å²) in [6, 6.07) is 3.91. The van der Waals surface area contributed by atoms with Crippen molar-refractivity contribution in [3.63, 3.8) is 0 Å². The normalized spacial score (nSPS) is 10.8. The number of thioether (sulfide) groups is 1. The number of esters is 1. The fourth-order valence-electron chi connectivity index (χ4n) is 1.59. The molecule has 1 aromatic carbocycles. The van der Waals surface area contributed by atoms with Crippen LogP contribution in [0.15, 0.2) is 17.0 Å². The molecule has 0 amide bonds. The number of benzene rings is 1. The molecule has 0 radical (unpaired) electrons. The number of halogens is 3. The molecule has 8 heteroatoms. The second kappa shape index (κ2) is 7.13. The van der Waals surface area contributed by atoms with E-state index in [2.05, 4.69) is 0 Å². The Balaban J connectivity index is 3.21. The molecule has 0 bridgehead atoms. The lowest BCUT2D eigenvalue weighted by molar-refractivity contribution is -0.142. The molecule has 0 unspecified atom stereocenters. The largest absolute Gasteiger partial charge is 0.466 e. The maximum Gasteiger partial charge on any atom is 0.446 e. The highest BCUT2D eigenvalue weighted by atomic mass is 32.2. The number of rotatable bonds is 5. The Morgan fingerprint density at radius 2 is 2.14 bits per heavy atom. The zero-order valence-corrected chi connectivity index (χ0v) is 11.7. The van der Waals surface area contributed by atoms with Gasteiger partial charge in [0, 0.05) is 10.5 Å². The predicted molar refractivity (Wildman–Crippen MR) is 68.8 cm³/mol. The van der Waals surface area contributed by atoms with Gasteiger partial charge in [-0.05, 0) is 36.4 Å². The molecular weight excluding hydrogens is 307 g/mol. The summed E-state index contributed by atoms with van der Waals surface area (Å²) >= 11 is -0.529. The Morgan fingerprint density at radius 1 is 1.48 bits per heavy atom. The minimum absolute atomic E-state index is 0.159. The van der Waals surface area contributed by atoms with Crippen LogP contribution in [0.1, 0.15) is 28.4 Å². The highest BCUT2D eigenvalue weighted by Gasteiger charge is 2.32. The Morgan fingerprint density at radius 3 is 2.62 bits per heavy atom. The summed E-state index contributed by atoms with van der Waals surface area (Å²) in [4.78, 5) is 21.8. The van der Waals surface area contributed by atoms with E-state index >= 15 is 0 Å². The number of nitrogens with zero attached hydrogens (tertiary/aromatic N) is 1. The maximum absolute atomic E-state index is 12.4. The number of aldehydes is 1. The number of carbonyl (C=O) groups excluding carboxylic acids is 2. The Kier molecular flexibility index (Phi) is 5.79. The number of hydrogen-bond acceptors (Lipinski definition) is 5. The number of ether oxygens (including phenoxy) is 1. The summed E-state index contributed by atoms with van der Waals surface area (Å²) in [6.45, 7) is 1.77. The van der Waals surface area contributed by atoms with Crippen molar-refractivity contribution in [2.24, 2.45) is 0 Å². The maximum atomic E-state index is 12.4. The van der Waals surface area contributed by atoms with Gasteiger partial charge in [0.15, 0.2) is 6.29 Å². The predicted octanol–water partition coefficient (Wildman–Crippen LogP) is 3.09. The van der Waals surface area contributed by atoms with E-state index in [1.54, 1.807) is 13.0 Å². The molecule has 0 N–H and O–H groups in total. The molecule has 0 saturated carbocycles. The van der Waals surface area contributed by atoms with E-state index in [1.165, 1.54) is 0 Å². The molecule has 112 valence electrons. The monoisotopic (exact) mass is 317 g/mol. The number of hydrogen-bond donors (Lipinski definition) is 0. The van der Waals surface area contributed by atoms with Gasteiger partial charge in [0.2, 0.25) is 0 Å². The van der Waals surface area contributed by atoms with Crippen LogP contribution in [0, 0.1) is 11.3 Å². The third kappa shape index (κ3) is 5.11. The van der Waals surface area contributed by atoms with E-state index < -0.39 is 28.1 Å². The smallest absolute Gasteiger partial charge is 0.446 e. The molecule has 0 aliphatic carbocycles. The minimum atomic E-state index is -4.62. The third-order valence-corrected chi connectivity index (χ3v) is 3.19. The molecule has 1 rings (SSSR count). The zero-order valence-electron chi connectivity index (χ0n) is 10.9. The molecule has 0 heterocycles. The Hall–Kier alpha value is -2.01. The molecule has 21 heavy (non-hydrogen) atoms. The lowest BCUT2D eigenvalue weighted by Gasteiger charge is -2.11. The molecule has 0 fully saturated rings. The van der Waals surface area contributed by atoms with Crippen molar-refractivity contribution in [1.82, 2.24) is 0 Å². The first-order valence-corrected chi connectivity index (χ1v) is 6.56. The zero-order chi connectivity index (χ0) is 16.0. The second-order valence-corrected chi connectivity index (χ2v) is 4.90. The fraction of sp³-hybridized carbons (Fsp3) is 0.308.